The molecule has 3 heteroatoms. The van der Waals surface area contributed by atoms with Gasteiger partial charge in [0.05, 0.1) is 12.5 Å². The van der Waals surface area contributed by atoms with Crippen molar-refractivity contribution in [2.75, 3.05) is 13.7 Å². The minimum atomic E-state index is -0.327. The van der Waals surface area contributed by atoms with E-state index in [-0.39, 0.29) is 33.0 Å². The van der Waals surface area contributed by atoms with Crippen molar-refractivity contribution in [3.63, 3.8) is 0 Å². The molecule has 5 aliphatic rings. The molecule has 0 radical (unpaired) electrons. The van der Waals surface area contributed by atoms with Gasteiger partial charge in [-0.1, -0.05) is 60.1 Å². The summed E-state index contributed by atoms with van der Waals surface area (Å²) in [5.41, 5.74) is 1.97. The number of allylic oxidation sites excluding steroid dienone is 2. The van der Waals surface area contributed by atoms with Crippen molar-refractivity contribution in [2.45, 2.75) is 99.8 Å². The smallest absolute Gasteiger partial charge is 0.312 e. The molecule has 34 heavy (non-hydrogen) atoms. The van der Waals surface area contributed by atoms with Gasteiger partial charge in [-0.3, -0.25) is 4.79 Å². The summed E-state index contributed by atoms with van der Waals surface area (Å²) in [7, 11) is 1.60. The summed E-state index contributed by atoms with van der Waals surface area (Å²) in [6.07, 6.45) is 11.6. The Bertz CT molecular complexity index is 893. The lowest BCUT2D eigenvalue weighted by Gasteiger charge is -2.69. The molecular formula is C31H50O3. The monoisotopic (exact) mass is 470 g/mol. The first-order chi connectivity index (χ1) is 15.9. The SMILES string of the molecule is COC(=O)C12CC[C@@H](C)[C@H](C)C1C1=CCC3[C@@]4(C)C(C)CC(C)(CO)C4CC[C@@]3(C)[C@]1(C)CC2. The zero-order valence-electron chi connectivity index (χ0n) is 23.2. The van der Waals surface area contributed by atoms with E-state index in [1.807, 2.05) is 0 Å². The van der Waals surface area contributed by atoms with E-state index in [4.69, 9.17) is 4.74 Å². The highest BCUT2D eigenvalue weighted by atomic mass is 16.5. The maximum absolute atomic E-state index is 13.4. The first kappa shape index (κ1) is 24.8. The Morgan fingerprint density at radius 1 is 1.03 bits per heavy atom. The molecular weight excluding hydrogens is 420 g/mol. The van der Waals surface area contributed by atoms with Crippen LogP contribution in [-0.4, -0.2) is 24.8 Å². The van der Waals surface area contributed by atoms with Crippen molar-refractivity contribution >= 4 is 5.97 Å². The molecule has 0 aromatic carbocycles. The Hall–Kier alpha value is -0.830. The van der Waals surface area contributed by atoms with Gasteiger partial charge in [0.2, 0.25) is 0 Å². The first-order valence-electron chi connectivity index (χ1n) is 14.3. The van der Waals surface area contributed by atoms with Gasteiger partial charge in [-0.05, 0) is 109 Å². The summed E-state index contributed by atoms with van der Waals surface area (Å²) in [5.74, 6) is 3.38. The average Bonchev–Trinajstić information content (AvgIpc) is 3.01. The molecule has 4 saturated carbocycles. The summed E-state index contributed by atoms with van der Waals surface area (Å²) in [6.45, 7) is 17.7. The van der Waals surface area contributed by atoms with Crippen LogP contribution in [-0.2, 0) is 9.53 Å². The van der Waals surface area contributed by atoms with Crippen LogP contribution < -0.4 is 0 Å². The van der Waals surface area contributed by atoms with Crippen LogP contribution in [0, 0.1) is 62.6 Å². The molecule has 0 amide bonds. The standard InChI is InChI=1S/C31H50O3/c1-19-11-14-31(26(33)34-8)16-15-28(5)22(25(31)21(19)3)9-10-24-29(28,6)13-12-23-27(4,18-32)17-20(2)30(23,24)7/h9,19-21,23-25,32H,10-18H2,1-8H3/t19-,20?,21+,23?,24?,25?,27?,28-,29-,30+,31?/m1/s1. The van der Waals surface area contributed by atoms with Crippen molar-refractivity contribution in [3.8, 4) is 0 Å². The van der Waals surface area contributed by atoms with Gasteiger partial charge in [0.1, 0.15) is 0 Å². The van der Waals surface area contributed by atoms with Gasteiger partial charge in [-0.25, -0.2) is 0 Å². The van der Waals surface area contributed by atoms with E-state index in [1.54, 1.807) is 12.7 Å². The van der Waals surface area contributed by atoms with Crippen molar-refractivity contribution in [1.82, 2.24) is 0 Å². The quantitative estimate of drug-likeness (QED) is 0.348. The van der Waals surface area contributed by atoms with Crippen molar-refractivity contribution in [3.05, 3.63) is 11.6 Å². The molecule has 5 aliphatic carbocycles. The first-order valence-corrected chi connectivity index (χ1v) is 14.3. The van der Waals surface area contributed by atoms with Crippen LogP contribution >= 0.6 is 0 Å². The zero-order chi connectivity index (χ0) is 24.9. The van der Waals surface area contributed by atoms with Gasteiger partial charge in [-0.2, -0.15) is 0 Å². The maximum atomic E-state index is 13.4. The van der Waals surface area contributed by atoms with E-state index in [0.717, 1.165) is 38.5 Å². The predicted octanol–water partition coefficient (Wildman–Crippen LogP) is 7.04. The van der Waals surface area contributed by atoms with E-state index in [2.05, 4.69) is 54.5 Å². The zero-order valence-corrected chi connectivity index (χ0v) is 23.2. The second-order valence-corrected chi connectivity index (χ2v) is 14.6. The van der Waals surface area contributed by atoms with Gasteiger partial charge >= 0.3 is 5.97 Å². The number of ether oxygens (including phenoxy) is 1. The van der Waals surface area contributed by atoms with Crippen LogP contribution in [0.4, 0.5) is 0 Å². The summed E-state index contributed by atoms with van der Waals surface area (Å²) in [4.78, 5) is 13.4. The number of methoxy groups -OCH3 is 1. The van der Waals surface area contributed by atoms with Gasteiger partial charge < -0.3 is 9.84 Å². The van der Waals surface area contributed by atoms with E-state index >= 15 is 0 Å². The average molecular weight is 471 g/mol. The minimum Gasteiger partial charge on any atom is -0.469 e. The number of carbonyl (C=O) groups excluding carboxylic acids is 1. The molecule has 3 nitrogen and oxygen atoms in total. The maximum Gasteiger partial charge on any atom is 0.312 e. The van der Waals surface area contributed by atoms with Crippen LogP contribution in [0.3, 0.4) is 0 Å². The minimum absolute atomic E-state index is 0.0466. The van der Waals surface area contributed by atoms with Crippen molar-refractivity contribution < 1.29 is 14.6 Å². The van der Waals surface area contributed by atoms with Crippen molar-refractivity contribution in [2.24, 2.45) is 62.6 Å². The Kier molecular flexibility index (Phi) is 5.55. The number of rotatable bonds is 2. The normalized spacial score (nSPS) is 56.4. The molecule has 0 bridgehead atoms. The molecule has 4 fully saturated rings. The Balaban J connectivity index is 1.63. The lowest BCUT2D eigenvalue weighted by molar-refractivity contribution is -0.181. The summed E-state index contributed by atoms with van der Waals surface area (Å²) >= 11 is 0. The lowest BCUT2D eigenvalue weighted by atomic mass is 9.35. The third kappa shape index (κ3) is 2.72. The van der Waals surface area contributed by atoms with Gasteiger partial charge in [-0.15, -0.1) is 0 Å². The number of hydrogen-bond donors (Lipinski definition) is 1. The Morgan fingerprint density at radius 2 is 1.74 bits per heavy atom. The molecule has 192 valence electrons. The number of fused-ring (bicyclic) bond motifs is 7. The highest BCUT2D eigenvalue weighted by Gasteiger charge is 2.71. The highest BCUT2D eigenvalue weighted by molar-refractivity contribution is 5.78. The molecule has 0 spiro atoms. The molecule has 6 unspecified atom stereocenters. The molecule has 0 aromatic rings. The summed E-state index contributed by atoms with van der Waals surface area (Å²) in [5, 5.41) is 10.4. The van der Waals surface area contributed by atoms with E-state index < -0.39 is 0 Å². The number of esters is 1. The second kappa shape index (κ2) is 7.59. The molecule has 0 heterocycles. The number of aliphatic hydroxyl groups is 1. The topological polar surface area (TPSA) is 46.5 Å². The van der Waals surface area contributed by atoms with Crippen LogP contribution in [0.25, 0.3) is 0 Å². The molecule has 0 aromatic heterocycles. The number of carbonyl (C=O) groups is 1. The van der Waals surface area contributed by atoms with Crippen molar-refractivity contribution in [1.29, 1.82) is 0 Å². The van der Waals surface area contributed by atoms with Gasteiger partial charge in [0.25, 0.3) is 0 Å². The fourth-order valence-electron chi connectivity index (χ4n) is 11.4. The molecule has 11 atom stereocenters. The van der Waals surface area contributed by atoms with E-state index in [0.29, 0.717) is 42.1 Å². The van der Waals surface area contributed by atoms with Crippen LogP contribution in [0.1, 0.15) is 99.8 Å². The number of hydrogen-bond acceptors (Lipinski definition) is 3. The van der Waals surface area contributed by atoms with Crippen LogP contribution in [0.15, 0.2) is 11.6 Å². The van der Waals surface area contributed by atoms with Crippen LogP contribution in [0.2, 0.25) is 0 Å². The fourth-order valence-corrected chi connectivity index (χ4v) is 11.4. The van der Waals surface area contributed by atoms with E-state index in [9.17, 15) is 9.90 Å². The second-order valence-electron chi connectivity index (χ2n) is 14.6. The molecule has 5 rings (SSSR count). The largest absolute Gasteiger partial charge is 0.469 e. The van der Waals surface area contributed by atoms with E-state index in [1.165, 1.54) is 12.8 Å². The Morgan fingerprint density at radius 3 is 2.38 bits per heavy atom. The third-order valence-electron chi connectivity index (χ3n) is 13.8. The molecule has 0 aliphatic heterocycles. The summed E-state index contributed by atoms with van der Waals surface area (Å²) < 4.78 is 5.51. The third-order valence-corrected chi connectivity index (χ3v) is 13.8. The Labute approximate surface area is 208 Å². The van der Waals surface area contributed by atoms with Gasteiger partial charge in [0.15, 0.2) is 0 Å². The number of aliphatic hydroxyl groups excluding tert-OH is 1. The highest BCUT2D eigenvalue weighted by Crippen LogP contribution is 2.77. The lowest BCUT2D eigenvalue weighted by Crippen LogP contribution is -2.63. The predicted molar refractivity (Wildman–Crippen MR) is 137 cm³/mol. The molecule has 0 saturated heterocycles. The van der Waals surface area contributed by atoms with Gasteiger partial charge in [0, 0.05) is 6.61 Å². The van der Waals surface area contributed by atoms with Crippen LogP contribution in [0.5, 0.6) is 0 Å². The fraction of sp³-hybridized carbons (Fsp3) is 0.903. The summed E-state index contributed by atoms with van der Waals surface area (Å²) in [6, 6.07) is 0. The molecule has 1 N–H and O–H groups in total.